The number of hydrogen-bond acceptors (Lipinski definition) is 8. The molecule has 8 atom stereocenters. The molecule has 1 rings (SSSR count). The number of rotatable bonds is 35. The van der Waals surface area contributed by atoms with Crippen molar-refractivity contribution in [2.45, 2.75) is 255 Å². The zero-order valence-electron chi connectivity index (χ0n) is 33.0. The monoisotopic (exact) mass is 730 g/mol. The minimum absolute atomic E-state index is 0.265. The van der Waals surface area contributed by atoms with Crippen LogP contribution in [0.2, 0.25) is 0 Å². The van der Waals surface area contributed by atoms with Gasteiger partial charge in [-0.1, -0.05) is 187 Å². The van der Waals surface area contributed by atoms with Crippen LogP contribution in [0.4, 0.5) is 0 Å². The fraction of sp³-hybridized carbons (Fsp3) is 0.976. The van der Waals surface area contributed by atoms with Crippen LogP contribution in [-0.2, 0) is 9.53 Å². The molecule has 51 heavy (non-hydrogen) atoms. The van der Waals surface area contributed by atoms with Gasteiger partial charge in [-0.15, -0.1) is 0 Å². The Bertz CT molecular complexity index is 786. The first-order chi connectivity index (χ1) is 24.8. The molecule has 0 aromatic rings. The molecule has 1 aliphatic rings. The number of unbranched alkanes of at least 4 members (excludes halogenated alkanes) is 26. The lowest BCUT2D eigenvalue weighted by molar-refractivity contribution is -0.253. The van der Waals surface area contributed by atoms with Gasteiger partial charge in [0.05, 0.1) is 18.8 Å². The van der Waals surface area contributed by atoms with E-state index < -0.39 is 55.4 Å². The van der Waals surface area contributed by atoms with E-state index >= 15 is 0 Å². The van der Waals surface area contributed by atoms with Crippen molar-refractivity contribution in [2.24, 2.45) is 0 Å². The number of hydrogen-bond donors (Lipinski definition) is 7. The quantitative estimate of drug-likeness (QED) is 0.0326. The van der Waals surface area contributed by atoms with Crippen molar-refractivity contribution in [1.29, 1.82) is 0 Å². The van der Waals surface area contributed by atoms with E-state index in [0.717, 1.165) is 44.9 Å². The Morgan fingerprint density at radius 2 is 0.922 bits per heavy atom. The molecular formula is C42H83NO8. The van der Waals surface area contributed by atoms with Gasteiger partial charge in [-0.2, -0.15) is 0 Å². The molecule has 1 heterocycles. The smallest absolute Gasteiger partial charge is 0.220 e. The molecule has 9 heteroatoms. The predicted molar refractivity (Wildman–Crippen MR) is 208 cm³/mol. The number of aliphatic hydroxyl groups excluding tert-OH is 6. The van der Waals surface area contributed by atoms with E-state index in [-0.39, 0.29) is 12.3 Å². The lowest BCUT2D eigenvalue weighted by atomic mass is 9.87. The van der Waals surface area contributed by atoms with E-state index in [1.165, 1.54) is 128 Å². The maximum atomic E-state index is 13.0. The zero-order valence-corrected chi connectivity index (χ0v) is 33.0. The van der Waals surface area contributed by atoms with Gasteiger partial charge in [0.2, 0.25) is 5.91 Å². The highest BCUT2D eigenvalue weighted by atomic mass is 16.6. The Balaban J connectivity index is 2.43. The Hall–Kier alpha value is -0.810. The summed E-state index contributed by atoms with van der Waals surface area (Å²) in [5.74, 6) is -0.289. The van der Waals surface area contributed by atoms with Crippen LogP contribution in [0.5, 0.6) is 0 Å². The van der Waals surface area contributed by atoms with Crippen LogP contribution in [0.15, 0.2) is 0 Å². The van der Waals surface area contributed by atoms with E-state index in [9.17, 15) is 35.4 Å². The number of carbonyl (C=O) groups excluding carboxylic acids is 1. The molecule has 1 saturated heterocycles. The second kappa shape index (κ2) is 32.6. The van der Waals surface area contributed by atoms with Crippen LogP contribution in [0.25, 0.3) is 0 Å². The van der Waals surface area contributed by atoms with Crippen molar-refractivity contribution < 1.29 is 40.2 Å². The average molecular weight is 730 g/mol. The molecule has 0 radical (unpaired) electrons. The van der Waals surface area contributed by atoms with Crippen molar-refractivity contribution >= 4 is 5.91 Å². The van der Waals surface area contributed by atoms with Gasteiger partial charge in [0.1, 0.15) is 36.6 Å². The maximum Gasteiger partial charge on any atom is 0.220 e. The SMILES string of the molecule is CCCCCCCCCCCCCCCCCC(=O)N[C@@H]([C@H](O)[C@@H]1O[C@H](CO)[C@@H](O)[C@H](O)[C@H]1O)[C@H](O)CCCCCCCCCCCCCCC. The Kier molecular flexibility index (Phi) is 30.8. The highest BCUT2D eigenvalue weighted by Crippen LogP contribution is 2.26. The highest BCUT2D eigenvalue weighted by molar-refractivity contribution is 5.76. The van der Waals surface area contributed by atoms with Crippen molar-refractivity contribution in [1.82, 2.24) is 5.32 Å². The number of carbonyl (C=O) groups is 1. The van der Waals surface area contributed by atoms with Gasteiger partial charge in [0.15, 0.2) is 0 Å². The summed E-state index contributed by atoms with van der Waals surface area (Å²) >= 11 is 0. The molecule has 1 amide bonds. The summed E-state index contributed by atoms with van der Waals surface area (Å²) in [5, 5.41) is 66.1. The molecule has 0 aromatic heterocycles. The van der Waals surface area contributed by atoms with E-state index in [1.54, 1.807) is 0 Å². The van der Waals surface area contributed by atoms with E-state index in [1.807, 2.05) is 0 Å². The molecule has 0 bridgehead atoms. The van der Waals surface area contributed by atoms with Crippen molar-refractivity contribution in [3.05, 3.63) is 0 Å². The third kappa shape index (κ3) is 22.9. The zero-order chi connectivity index (χ0) is 37.5. The number of aliphatic hydroxyl groups is 6. The van der Waals surface area contributed by atoms with Gasteiger partial charge in [-0.3, -0.25) is 4.79 Å². The van der Waals surface area contributed by atoms with Crippen LogP contribution < -0.4 is 5.32 Å². The van der Waals surface area contributed by atoms with Crippen molar-refractivity contribution in [2.75, 3.05) is 6.61 Å². The molecule has 7 N–H and O–H groups in total. The second-order valence-electron chi connectivity index (χ2n) is 15.7. The number of nitrogens with one attached hydrogen (secondary N) is 1. The van der Waals surface area contributed by atoms with Crippen LogP contribution in [0.1, 0.15) is 206 Å². The summed E-state index contributed by atoms with van der Waals surface area (Å²) in [6, 6.07) is -1.13. The molecule has 0 aromatic carbocycles. The molecule has 0 spiro atoms. The van der Waals surface area contributed by atoms with E-state index in [2.05, 4.69) is 19.2 Å². The summed E-state index contributed by atoms with van der Waals surface area (Å²) in [4.78, 5) is 13.0. The summed E-state index contributed by atoms with van der Waals surface area (Å²) in [6.45, 7) is 3.88. The van der Waals surface area contributed by atoms with Crippen LogP contribution in [0.3, 0.4) is 0 Å². The molecule has 0 aliphatic carbocycles. The van der Waals surface area contributed by atoms with Crippen molar-refractivity contribution in [3.63, 3.8) is 0 Å². The van der Waals surface area contributed by atoms with Gasteiger partial charge >= 0.3 is 0 Å². The van der Waals surface area contributed by atoms with Gasteiger partial charge < -0.3 is 40.7 Å². The lowest BCUT2D eigenvalue weighted by Gasteiger charge is -2.44. The van der Waals surface area contributed by atoms with Gasteiger partial charge in [0, 0.05) is 6.42 Å². The van der Waals surface area contributed by atoms with Gasteiger partial charge in [0.25, 0.3) is 0 Å². The first-order valence-electron chi connectivity index (χ1n) is 21.7. The fourth-order valence-corrected chi connectivity index (χ4v) is 7.49. The first-order valence-corrected chi connectivity index (χ1v) is 21.7. The molecular weight excluding hydrogens is 646 g/mol. The van der Waals surface area contributed by atoms with Gasteiger partial charge in [-0.25, -0.2) is 0 Å². The predicted octanol–water partition coefficient (Wildman–Crippen LogP) is 7.78. The minimum Gasteiger partial charge on any atom is -0.394 e. The largest absolute Gasteiger partial charge is 0.394 e. The van der Waals surface area contributed by atoms with Gasteiger partial charge in [-0.05, 0) is 12.8 Å². The molecule has 304 valence electrons. The lowest BCUT2D eigenvalue weighted by Crippen LogP contribution is -2.66. The fourth-order valence-electron chi connectivity index (χ4n) is 7.49. The second-order valence-corrected chi connectivity index (χ2v) is 15.7. The standard InChI is InChI=1S/C42H83NO8/c1-3-5-7-9-11-13-15-17-18-20-22-24-26-28-30-32-36(46)43-37(39(48)42-41(50)40(49)38(47)35(33-44)51-42)34(45)31-29-27-25-23-21-19-16-14-12-10-8-6-4-2/h34-35,37-42,44-45,47-50H,3-33H2,1-2H3,(H,43,46)/t34-,35-,37-,38-,39+,40+,41-,42+/m1/s1. The van der Waals surface area contributed by atoms with Crippen LogP contribution in [-0.4, -0.2) is 91.9 Å². The van der Waals surface area contributed by atoms with E-state index in [0.29, 0.717) is 12.8 Å². The molecule has 0 saturated carbocycles. The first kappa shape index (κ1) is 48.2. The molecule has 0 unspecified atom stereocenters. The Morgan fingerprint density at radius 3 is 1.31 bits per heavy atom. The minimum atomic E-state index is -1.66. The average Bonchev–Trinajstić information content (AvgIpc) is 3.13. The summed E-state index contributed by atoms with van der Waals surface area (Å²) in [5.41, 5.74) is 0. The molecule has 1 aliphatic heterocycles. The highest BCUT2D eigenvalue weighted by Gasteiger charge is 2.48. The Morgan fingerprint density at radius 1 is 0.549 bits per heavy atom. The third-order valence-electron chi connectivity index (χ3n) is 11.0. The third-order valence-corrected chi connectivity index (χ3v) is 11.0. The maximum absolute atomic E-state index is 13.0. The van der Waals surface area contributed by atoms with Crippen molar-refractivity contribution in [3.8, 4) is 0 Å². The number of ether oxygens (including phenoxy) is 1. The normalized spacial score (nSPS) is 22.5. The topological polar surface area (TPSA) is 160 Å². The Labute approximate surface area is 312 Å². The summed E-state index contributed by atoms with van der Waals surface area (Å²) in [7, 11) is 0. The summed E-state index contributed by atoms with van der Waals surface area (Å²) in [6.07, 6.45) is 24.7. The van der Waals surface area contributed by atoms with Crippen LogP contribution in [0, 0.1) is 0 Å². The number of amides is 1. The van der Waals surface area contributed by atoms with E-state index in [4.69, 9.17) is 4.74 Å². The molecule has 1 fully saturated rings. The summed E-state index contributed by atoms with van der Waals surface area (Å²) < 4.78 is 5.60. The molecule has 9 nitrogen and oxygen atoms in total. The van der Waals surface area contributed by atoms with Crippen LogP contribution >= 0.6 is 0 Å².